The summed E-state index contributed by atoms with van der Waals surface area (Å²) in [7, 11) is 0. The molecule has 0 aromatic carbocycles. The molecule has 0 aromatic rings. The quantitative estimate of drug-likeness (QED) is 0.681. The summed E-state index contributed by atoms with van der Waals surface area (Å²) in [5, 5.41) is 15.3. The molecule has 19 heavy (non-hydrogen) atoms. The predicted molar refractivity (Wildman–Crippen MR) is 81.6 cm³/mol. The Balaban J connectivity index is 2.24. The zero-order valence-corrected chi connectivity index (χ0v) is 13.4. The number of thioether (sulfide) groups is 1. The molecule has 0 saturated heterocycles. The van der Waals surface area contributed by atoms with Gasteiger partial charge < -0.3 is 15.7 Å². The molecule has 1 aliphatic rings. The Hall–Kier alpha value is -0.420. The Bertz CT molecular complexity index is 304. The molecule has 2 amide bonds. The molecule has 1 rings (SSSR count). The number of carbonyl (C=O) groups excluding carboxylic acids is 1. The van der Waals surface area contributed by atoms with Crippen LogP contribution in [0.15, 0.2) is 0 Å². The number of hydrogen-bond acceptors (Lipinski definition) is 3. The van der Waals surface area contributed by atoms with Crippen molar-refractivity contribution in [3.05, 3.63) is 0 Å². The first-order valence-electron chi connectivity index (χ1n) is 7.06. The highest BCUT2D eigenvalue weighted by Crippen LogP contribution is 2.37. The van der Waals surface area contributed by atoms with E-state index in [4.69, 9.17) is 0 Å². The van der Waals surface area contributed by atoms with Crippen LogP contribution in [0.2, 0.25) is 0 Å². The van der Waals surface area contributed by atoms with Gasteiger partial charge in [0.15, 0.2) is 0 Å². The Morgan fingerprint density at radius 1 is 1.47 bits per heavy atom. The van der Waals surface area contributed by atoms with Crippen LogP contribution < -0.4 is 10.6 Å². The molecule has 1 saturated carbocycles. The number of aliphatic hydroxyl groups excluding tert-OH is 1. The maximum Gasteiger partial charge on any atom is 0.315 e. The maximum absolute atomic E-state index is 11.8. The van der Waals surface area contributed by atoms with Crippen LogP contribution in [0.4, 0.5) is 4.79 Å². The molecule has 112 valence electrons. The fourth-order valence-corrected chi connectivity index (χ4v) is 3.22. The van der Waals surface area contributed by atoms with Crippen molar-refractivity contribution in [1.29, 1.82) is 0 Å². The SMILES string of the molecule is CC(C)(C)SCCNC(=O)NC1CCCC1(C)CO. The van der Waals surface area contributed by atoms with E-state index in [-0.39, 0.29) is 28.8 Å². The highest BCUT2D eigenvalue weighted by molar-refractivity contribution is 8.00. The molecule has 0 aliphatic heterocycles. The smallest absolute Gasteiger partial charge is 0.315 e. The van der Waals surface area contributed by atoms with Crippen LogP contribution in [-0.4, -0.2) is 40.8 Å². The average Bonchev–Trinajstić information content (AvgIpc) is 2.66. The van der Waals surface area contributed by atoms with Crippen LogP contribution in [-0.2, 0) is 0 Å². The molecule has 3 N–H and O–H groups in total. The van der Waals surface area contributed by atoms with Crippen LogP contribution >= 0.6 is 11.8 Å². The van der Waals surface area contributed by atoms with Gasteiger partial charge in [0.05, 0.1) is 6.61 Å². The van der Waals surface area contributed by atoms with Crippen LogP contribution in [0.1, 0.15) is 47.0 Å². The van der Waals surface area contributed by atoms with E-state index in [0.29, 0.717) is 6.54 Å². The third kappa shape index (κ3) is 5.61. The maximum atomic E-state index is 11.8. The van der Waals surface area contributed by atoms with Crippen molar-refractivity contribution in [2.24, 2.45) is 5.41 Å². The predicted octanol–water partition coefficient (Wildman–Crippen LogP) is 2.37. The molecule has 0 spiro atoms. The molecule has 4 nitrogen and oxygen atoms in total. The van der Waals surface area contributed by atoms with Crippen molar-refractivity contribution in [3.8, 4) is 0 Å². The summed E-state index contributed by atoms with van der Waals surface area (Å²) in [6.45, 7) is 9.36. The standard InChI is InChI=1S/C14H28N2O2S/c1-13(2,3)19-9-8-15-12(18)16-11-6-5-7-14(11,4)10-17/h11,17H,5-10H2,1-4H3,(H2,15,16,18). The third-order valence-corrected chi connectivity index (χ3v) is 4.95. The van der Waals surface area contributed by atoms with Gasteiger partial charge in [-0.3, -0.25) is 0 Å². The highest BCUT2D eigenvalue weighted by Gasteiger charge is 2.38. The molecule has 5 heteroatoms. The largest absolute Gasteiger partial charge is 0.396 e. The van der Waals surface area contributed by atoms with E-state index < -0.39 is 0 Å². The van der Waals surface area contributed by atoms with Gasteiger partial charge in [0, 0.05) is 28.5 Å². The topological polar surface area (TPSA) is 61.4 Å². The third-order valence-electron chi connectivity index (χ3n) is 3.67. The number of rotatable bonds is 5. The van der Waals surface area contributed by atoms with E-state index in [9.17, 15) is 9.90 Å². The number of amides is 2. The van der Waals surface area contributed by atoms with Gasteiger partial charge in [-0.15, -0.1) is 0 Å². The van der Waals surface area contributed by atoms with E-state index in [1.54, 1.807) is 0 Å². The van der Waals surface area contributed by atoms with Crippen molar-refractivity contribution in [2.45, 2.75) is 57.7 Å². The van der Waals surface area contributed by atoms with Crippen molar-refractivity contribution in [1.82, 2.24) is 10.6 Å². The lowest BCUT2D eigenvalue weighted by Gasteiger charge is -2.30. The normalized spacial score (nSPS) is 27.3. The van der Waals surface area contributed by atoms with Gasteiger partial charge in [0.1, 0.15) is 0 Å². The van der Waals surface area contributed by atoms with Gasteiger partial charge >= 0.3 is 6.03 Å². The molecule has 0 aromatic heterocycles. The minimum Gasteiger partial charge on any atom is -0.396 e. The summed E-state index contributed by atoms with van der Waals surface area (Å²) >= 11 is 1.84. The lowest BCUT2D eigenvalue weighted by atomic mass is 9.86. The first kappa shape index (κ1) is 16.6. The van der Waals surface area contributed by atoms with Gasteiger partial charge in [-0.2, -0.15) is 11.8 Å². The first-order valence-corrected chi connectivity index (χ1v) is 8.05. The van der Waals surface area contributed by atoms with Crippen LogP contribution in [0.3, 0.4) is 0 Å². The zero-order chi connectivity index (χ0) is 14.5. The van der Waals surface area contributed by atoms with E-state index in [2.05, 4.69) is 31.4 Å². The molecule has 0 radical (unpaired) electrons. The van der Waals surface area contributed by atoms with E-state index in [0.717, 1.165) is 25.0 Å². The van der Waals surface area contributed by atoms with Crippen molar-refractivity contribution < 1.29 is 9.90 Å². The Morgan fingerprint density at radius 2 is 2.16 bits per heavy atom. The van der Waals surface area contributed by atoms with E-state index in [1.807, 2.05) is 18.7 Å². The van der Waals surface area contributed by atoms with Gasteiger partial charge in [-0.05, 0) is 12.8 Å². The molecule has 2 unspecified atom stereocenters. The summed E-state index contributed by atoms with van der Waals surface area (Å²) in [5.74, 6) is 0.916. The molecule has 0 bridgehead atoms. The van der Waals surface area contributed by atoms with Crippen molar-refractivity contribution in [3.63, 3.8) is 0 Å². The minimum atomic E-state index is -0.155. The van der Waals surface area contributed by atoms with Crippen molar-refractivity contribution >= 4 is 17.8 Å². The van der Waals surface area contributed by atoms with Gasteiger partial charge in [0.25, 0.3) is 0 Å². The summed E-state index contributed by atoms with van der Waals surface area (Å²) in [6, 6.07) is -0.0196. The summed E-state index contributed by atoms with van der Waals surface area (Å²) in [5.41, 5.74) is -0.155. The first-order chi connectivity index (χ1) is 8.77. The fourth-order valence-electron chi connectivity index (χ4n) is 2.40. The second kappa shape index (κ2) is 6.84. The van der Waals surface area contributed by atoms with Crippen molar-refractivity contribution in [2.75, 3.05) is 18.9 Å². The van der Waals surface area contributed by atoms with Crippen LogP contribution in [0, 0.1) is 5.41 Å². The van der Waals surface area contributed by atoms with Gasteiger partial charge in [0.2, 0.25) is 0 Å². The molecule has 1 aliphatic carbocycles. The molecule has 1 fully saturated rings. The molecule has 2 atom stereocenters. The van der Waals surface area contributed by atoms with E-state index in [1.165, 1.54) is 0 Å². The number of aliphatic hydroxyl groups is 1. The van der Waals surface area contributed by atoms with Gasteiger partial charge in [-0.1, -0.05) is 34.1 Å². The number of urea groups is 1. The Morgan fingerprint density at radius 3 is 2.74 bits per heavy atom. The summed E-state index contributed by atoms with van der Waals surface area (Å²) in [6.07, 6.45) is 3.01. The zero-order valence-electron chi connectivity index (χ0n) is 12.6. The second-order valence-corrected chi connectivity index (χ2v) is 8.54. The van der Waals surface area contributed by atoms with Crippen LogP contribution in [0.5, 0.6) is 0 Å². The van der Waals surface area contributed by atoms with Crippen LogP contribution in [0.25, 0.3) is 0 Å². The lowest BCUT2D eigenvalue weighted by molar-refractivity contribution is 0.121. The van der Waals surface area contributed by atoms with Gasteiger partial charge in [-0.25, -0.2) is 4.79 Å². The Labute approximate surface area is 121 Å². The summed E-state index contributed by atoms with van der Waals surface area (Å²) < 4.78 is 0.235. The lowest BCUT2D eigenvalue weighted by Crippen LogP contribution is -2.49. The number of carbonyl (C=O) groups is 1. The average molecular weight is 288 g/mol. The number of hydrogen-bond donors (Lipinski definition) is 3. The monoisotopic (exact) mass is 288 g/mol. The van der Waals surface area contributed by atoms with E-state index >= 15 is 0 Å². The highest BCUT2D eigenvalue weighted by atomic mass is 32.2. The summed E-state index contributed by atoms with van der Waals surface area (Å²) in [4.78, 5) is 11.8. The fraction of sp³-hybridized carbons (Fsp3) is 0.929. The molecule has 0 heterocycles. The Kier molecular flexibility index (Phi) is 5.99. The second-order valence-electron chi connectivity index (χ2n) is 6.62. The number of nitrogens with one attached hydrogen (secondary N) is 2. The minimum absolute atomic E-state index is 0.0905. The molecular formula is C14H28N2O2S. The molecular weight excluding hydrogens is 260 g/mol.